The highest BCUT2D eigenvalue weighted by Crippen LogP contribution is 2.28. The first-order chi connectivity index (χ1) is 14.7. The molecule has 4 rings (SSSR count). The lowest BCUT2D eigenvalue weighted by Gasteiger charge is -2.22. The summed E-state index contributed by atoms with van der Waals surface area (Å²) in [6.07, 6.45) is 7.22. The smallest absolute Gasteiger partial charge is 0.229 e. The van der Waals surface area contributed by atoms with Gasteiger partial charge in [0.2, 0.25) is 11.9 Å². The van der Waals surface area contributed by atoms with Gasteiger partial charge in [-0.1, -0.05) is 11.6 Å². The molecule has 2 aromatic heterocycles. The van der Waals surface area contributed by atoms with E-state index in [2.05, 4.69) is 30.9 Å². The second-order valence-corrected chi connectivity index (χ2v) is 8.19. The minimum atomic E-state index is -0.0419. The minimum Gasteiger partial charge on any atom is -0.381 e. The number of amides is 1. The normalized spacial score (nSPS) is 20.0. The van der Waals surface area contributed by atoms with E-state index >= 15 is 0 Å². The lowest BCUT2D eigenvalue weighted by atomic mass is 9.99. The highest BCUT2D eigenvalue weighted by Gasteiger charge is 2.21. The van der Waals surface area contributed by atoms with Crippen molar-refractivity contribution in [3.05, 3.63) is 29.5 Å². The van der Waals surface area contributed by atoms with Gasteiger partial charge in [0.25, 0.3) is 0 Å². The van der Waals surface area contributed by atoms with E-state index in [1.807, 2.05) is 0 Å². The van der Waals surface area contributed by atoms with E-state index in [1.165, 1.54) is 0 Å². The van der Waals surface area contributed by atoms with Crippen molar-refractivity contribution in [1.82, 2.24) is 20.3 Å². The molecule has 1 atom stereocenters. The summed E-state index contributed by atoms with van der Waals surface area (Å²) in [4.78, 5) is 25.7. The molecule has 1 amide bonds. The maximum Gasteiger partial charge on any atom is 0.229 e. The van der Waals surface area contributed by atoms with Crippen LogP contribution in [0.2, 0.25) is 5.02 Å². The van der Waals surface area contributed by atoms with Crippen LogP contribution in [0.5, 0.6) is 0 Å². The molecular weight excluding hydrogens is 404 g/mol. The second kappa shape index (κ2) is 10.1. The van der Waals surface area contributed by atoms with Gasteiger partial charge in [0, 0.05) is 44.3 Å². The Kier molecular flexibility index (Phi) is 7.09. The van der Waals surface area contributed by atoms with Crippen molar-refractivity contribution in [3.63, 3.8) is 0 Å². The largest absolute Gasteiger partial charge is 0.381 e. The second-order valence-electron chi connectivity index (χ2n) is 7.78. The number of rotatable bonds is 6. The molecule has 2 aliphatic rings. The van der Waals surface area contributed by atoms with Crippen molar-refractivity contribution in [2.45, 2.75) is 25.7 Å². The van der Waals surface area contributed by atoms with Crippen LogP contribution in [0.1, 0.15) is 25.7 Å². The van der Waals surface area contributed by atoms with Crippen molar-refractivity contribution < 1.29 is 9.53 Å². The monoisotopic (exact) mass is 430 g/mol. The van der Waals surface area contributed by atoms with E-state index in [9.17, 15) is 4.79 Å². The predicted octanol–water partition coefficient (Wildman–Crippen LogP) is 2.97. The first-order valence-electron chi connectivity index (χ1n) is 10.5. The van der Waals surface area contributed by atoms with Crippen LogP contribution in [0, 0.1) is 11.8 Å². The summed E-state index contributed by atoms with van der Waals surface area (Å²) in [6.45, 7) is 4.09. The third-order valence-electron chi connectivity index (χ3n) is 5.60. The minimum absolute atomic E-state index is 0.0236. The van der Waals surface area contributed by atoms with E-state index in [0.717, 1.165) is 52.0 Å². The fraction of sp³-hybridized carbons (Fsp3) is 0.524. The quantitative estimate of drug-likeness (QED) is 0.647. The average Bonchev–Trinajstić information content (AvgIpc) is 2.80. The molecule has 1 unspecified atom stereocenters. The van der Waals surface area contributed by atoms with Gasteiger partial charge in [-0.3, -0.25) is 4.79 Å². The van der Waals surface area contributed by atoms with Gasteiger partial charge in [-0.15, -0.1) is 0 Å². The van der Waals surface area contributed by atoms with Gasteiger partial charge in [0.15, 0.2) is 0 Å². The number of piperidine rings is 1. The highest BCUT2D eigenvalue weighted by atomic mass is 35.5. The van der Waals surface area contributed by atoms with E-state index in [4.69, 9.17) is 16.3 Å². The van der Waals surface area contributed by atoms with Crippen molar-refractivity contribution >= 4 is 29.3 Å². The van der Waals surface area contributed by atoms with Gasteiger partial charge in [0.05, 0.1) is 16.6 Å². The summed E-state index contributed by atoms with van der Waals surface area (Å²) in [7, 11) is 0. The molecule has 2 saturated heterocycles. The standard InChI is InChI=1S/C21H27ClN6O2/c22-17-13-25-19(28-20(29)15-2-1-6-23-12-15)10-16(17)18-3-7-24-21(27-18)26-11-14-4-8-30-9-5-14/h3,7,10,13-15,23H,1-2,4-6,8-9,11-12H2,(H,24,26,27)(H,25,28,29). The number of hydrogen-bond acceptors (Lipinski definition) is 7. The predicted molar refractivity (Wildman–Crippen MR) is 117 cm³/mol. The Hall–Kier alpha value is -2.29. The molecule has 2 aromatic rings. The maximum atomic E-state index is 12.5. The number of nitrogens with one attached hydrogen (secondary N) is 3. The zero-order valence-corrected chi connectivity index (χ0v) is 17.6. The Labute approximate surface area is 181 Å². The Morgan fingerprint density at radius 3 is 2.93 bits per heavy atom. The number of hydrogen-bond donors (Lipinski definition) is 3. The van der Waals surface area contributed by atoms with E-state index in [0.29, 0.717) is 40.5 Å². The van der Waals surface area contributed by atoms with Crippen LogP contribution >= 0.6 is 11.6 Å². The molecule has 9 heteroatoms. The van der Waals surface area contributed by atoms with Crippen molar-refractivity contribution in [1.29, 1.82) is 0 Å². The fourth-order valence-corrected chi connectivity index (χ4v) is 3.99. The Balaban J connectivity index is 1.45. The van der Waals surface area contributed by atoms with Crippen LogP contribution in [-0.2, 0) is 9.53 Å². The van der Waals surface area contributed by atoms with Crippen LogP contribution in [0.25, 0.3) is 11.3 Å². The van der Waals surface area contributed by atoms with E-state index in [1.54, 1.807) is 24.5 Å². The zero-order chi connectivity index (χ0) is 20.8. The highest BCUT2D eigenvalue weighted by molar-refractivity contribution is 6.33. The number of aromatic nitrogens is 3. The molecule has 0 bridgehead atoms. The van der Waals surface area contributed by atoms with Crippen LogP contribution in [0.4, 0.5) is 11.8 Å². The molecule has 0 radical (unpaired) electrons. The number of carbonyl (C=O) groups is 1. The molecule has 3 N–H and O–H groups in total. The molecular formula is C21H27ClN6O2. The van der Waals surface area contributed by atoms with Crippen LogP contribution in [-0.4, -0.2) is 53.7 Å². The number of pyridine rings is 1. The molecule has 0 aliphatic carbocycles. The average molecular weight is 431 g/mol. The van der Waals surface area contributed by atoms with Crippen LogP contribution < -0.4 is 16.0 Å². The lowest BCUT2D eigenvalue weighted by Crippen LogP contribution is -2.37. The van der Waals surface area contributed by atoms with Gasteiger partial charge in [0.1, 0.15) is 5.82 Å². The lowest BCUT2D eigenvalue weighted by molar-refractivity contribution is -0.120. The summed E-state index contributed by atoms with van der Waals surface area (Å²) in [5.74, 6) is 1.53. The number of anilines is 2. The van der Waals surface area contributed by atoms with Crippen LogP contribution in [0.15, 0.2) is 24.5 Å². The first kappa shape index (κ1) is 21.0. The van der Waals surface area contributed by atoms with E-state index < -0.39 is 0 Å². The molecule has 160 valence electrons. The van der Waals surface area contributed by atoms with Crippen molar-refractivity contribution in [3.8, 4) is 11.3 Å². The summed E-state index contributed by atoms with van der Waals surface area (Å²) >= 11 is 6.39. The zero-order valence-electron chi connectivity index (χ0n) is 16.9. The summed E-state index contributed by atoms with van der Waals surface area (Å²) in [6, 6.07) is 3.57. The Morgan fingerprint density at radius 2 is 2.13 bits per heavy atom. The third-order valence-corrected chi connectivity index (χ3v) is 5.90. The van der Waals surface area contributed by atoms with Crippen molar-refractivity contribution in [2.75, 3.05) is 43.5 Å². The van der Waals surface area contributed by atoms with Gasteiger partial charge < -0.3 is 20.7 Å². The molecule has 2 aliphatic heterocycles. The number of nitrogens with zero attached hydrogens (tertiary/aromatic N) is 3. The number of carbonyl (C=O) groups excluding carboxylic acids is 1. The first-order valence-corrected chi connectivity index (χ1v) is 10.9. The summed E-state index contributed by atoms with van der Waals surface area (Å²) < 4.78 is 5.41. The molecule has 4 heterocycles. The van der Waals surface area contributed by atoms with Gasteiger partial charge >= 0.3 is 0 Å². The Bertz CT molecular complexity index is 868. The molecule has 30 heavy (non-hydrogen) atoms. The third kappa shape index (κ3) is 5.44. The summed E-state index contributed by atoms with van der Waals surface area (Å²) in [5.41, 5.74) is 1.39. The molecule has 8 nitrogen and oxygen atoms in total. The number of halogens is 1. The van der Waals surface area contributed by atoms with Gasteiger partial charge in [-0.25, -0.2) is 15.0 Å². The van der Waals surface area contributed by atoms with Gasteiger partial charge in [-0.2, -0.15) is 0 Å². The number of ether oxygens (including phenoxy) is 1. The molecule has 0 aromatic carbocycles. The Morgan fingerprint density at radius 1 is 1.27 bits per heavy atom. The van der Waals surface area contributed by atoms with Gasteiger partial charge in [-0.05, 0) is 50.3 Å². The van der Waals surface area contributed by atoms with E-state index in [-0.39, 0.29) is 11.8 Å². The SMILES string of the molecule is O=C(Nc1cc(-c2ccnc(NCC3CCOCC3)n2)c(Cl)cn1)C1CCCNC1. The fourth-order valence-electron chi connectivity index (χ4n) is 3.79. The molecule has 0 saturated carbocycles. The molecule has 0 spiro atoms. The topological polar surface area (TPSA) is 101 Å². The summed E-state index contributed by atoms with van der Waals surface area (Å²) in [5, 5.41) is 9.96. The van der Waals surface area contributed by atoms with Crippen LogP contribution in [0.3, 0.4) is 0 Å². The molecule has 2 fully saturated rings. The van der Waals surface area contributed by atoms with Crippen molar-refractivity contribution in [2.24, 2.45) is 11.8 Å². The maximum absolute atomic E-state index is 12.5.